The van der Waals surface area contributed by atoms with Gasteiger partial charge in [-0.15, -0.1) is 24.0 Å². The highest BCUT2D eigenvalue weighted by atomic mass is 127. The van der Waals surface area contributed by atoms with Crippen LogP contribution in [-0.4, -0.2) is 48.7 Å². The number of aliphatic imine (C=N–C) groups is 1. The van der Waals surface area contributed by atoms with E-state index in [9.17, 15) is 0 Å². The maximum Gasteiger partial charge on any atom is 0.191 e. The van der Waals surface area contributed by atoms with Gasteiger partial charge in [-0.3, -0.25) is 0 Å². The number of rotatable bonds is 8. The molecule has 0 saturated carbocycles. The fourth-order valence-electron chi connectivity index (χ4n) is 3.42. The van der Waals surface area contributed by atoms with Crippen molar-refractivity contribution in [2.45, 2.75) is 78.7 Å². The monoisotopic (exact) mass is 516 g/mol. The first kappa shape index (κ1) is 26.2. The largest absolute Gasteiger partial charge is 0.371 e. The van der Waals surface area contributed by atoms with E-state index in [1.165, 1.54) is 50.0 Å². The zero-order valence-electron chi connectivity index (χ0n) is 19.0. The molecule has 1 aliphatic rings. The minimum Gasteiger partial charge on any atom is -0.371 e. The number of guanidine groups is 1. The third-order valence-electron chi connectivity index (χ3n) is 4.90. The first-order valence-corrected chi connectivity index (χ1v) is 10.9. The van der Waals surface area contributed by atoms with Crippen LogP contribution >= 0.6 is 24.0 Å². The number of halogens is 1. The summed E-state index contributed by atoms with van der Waals surface area (Å²) in [6, 6.07) is 9.05. The average Bonchev–Trinajstić information content (AvgIpc) is 2.66. The Labute approximate surface area is 195 Å². The number of nitrogens with zero attached hydrogens (tertiary/aromatic N) is 2. The molecule has 2 N–H and O–H groups in total. The molecular weight excluding hydrogens is 475 g/mol. The number of piperidine rings is 1. The van der Waals surface area contributed by atoms with Crippen molar-refractivity contribution in [2.24, 2.45) is 4.99 Å². The summed E-state index contributed by atoms with van der Waals surface area (Å²) in [5, 5.41) is 7.03. The Hall–Kier alpha value is -0.860. The third-order valence-corrected chi connectivity index (χ3v) is 4.90. The average molecular weight is 517 g/mol. The highest BCUT2D eigenvalue weighted by molar-refractivity contribution is 14.0. The topological polar surface area (TPSA) is 48.9 Å². The van der Waals surface area contributed by atoms with Gasteiger partial charge in [-0.1, -0.05) is 31.2 Å². The second-order valence-corrected chi connectivity index (χ2v) is 8.68. The summed E-state index contributed by atoms with van der Waals surface area (Å²) in [7, 11) is 0. The van der Waals surface area contributed by atoms with Crippen molar-refractivity contribution in [1.82, 2.24) is 15.5 Å². The summed E-state index contributed by atoms with van der Waals surface area (Å²) in [4.78, 5) is 7.39. The van der Waals surface area contributed by atoms with E-state index in [0.29, 0.717) is 19.2 Å². The molecule has 0 radical (unpaired) electrons. The molecule has 29 heavy (non-hydrogen) atoms. The minimum absolute atomic E-state index is 0. The quantitative estimate of drug-likeness (QED) is 0.303. The van der Waals surface area contributed by atoms with E-state index < -0.39 is 0 Å². The zero-order valence-corrected chi connectivity index (χ0v) is 21.3. The lowest BCUT2D eigenvalue weighted by Crippen LogP contribution is -2.48. The molecule has 0 spiro atoms. The molecule has 1 aromatic rings. The molecule has 0 bridgehead atoms. The van der Waals surface area contributed by atoms with Gasteiger partial charge in [0.15, 0.2) is 5.96 Å². The summed E-state index contributed by atoms with van der Waals surface area (Å²) in [6.07, 6.45) is 3.61. The number of hydrogen-bond acceptors (Lipinski definition) is 3. The molecule has 1 aromatic carbocycles. The summed E-state index contributed by atoms with van der Waals surface area (Å²) in [5.41, 5.74) is 2.29. The van der Waals surface area contributed by atoms with Gasteiger partial charge in [-0.2, -0.15) is 0 Å². The van der Waals surface area contributed by atoms with Crippen LogP contribution in [0, 0.1) is 0 Å². The molecule has 2 rings (SSSR count). The molecular formula is C23H41IN4O. The Balaban J connectivity index is 0.00000420. The lowest BCUT2D eigenvalue weighted by atomic mass is 10.1. The van der Waals surface area contributed by atoms with Crippen molar-refractivity contribution in [2.75, 3.05) is 26.2 Å². The first-order chi connectivity index (χ1) is 13.4. The van der Waals surface area contributed by atoms with E-state index >= 15 is 0 Å². The lowest BCUT2D eigenvalue weighted by Gasteiger charge is -2.32. The van der Waals surface area contributed by atoms with Crippen LogP contribution in [-0.2, 0) is 17.9 Å². The summed E-state index contributed by atoms with van der Waals surface area (Å²) >= 11 is 0. The molecule has 0 unspecified atom stereocenters. The van der Waals surface area contributed by atoms with Crippen LogP contribution in [0.4, 0.5) is 0 Å². The summed E-state index contributed by atoms with van der Waals surface area (Å²) < 4.78 is 5.90. The molecule has 0 aliphatic carbocycles. The van der Waals surface area contributed by atoms with Crippen molar-refractivity contribution >= 4 is 29.9 Å². The minimum atomic E-state index is -0.122. The molecule has 1 fully saturated rings. The maximum atomic E-state index is 5.90. The van der Waals surface area contributed by atoms with Gasteiger partial charge in [0, 0.05) is 25.7 Å². The Morgan fingerprint density at radius 1 is 1.17 bits per heavy atom. The Morgan fingerprint density at radius 2 is 1.86 bits per heavy atom. The number of ether oxygens (including phenoxy) is 1. The standard InChI is InChI=1S/C23H40N4O.HI/c1-6-13-27-14-11-21(12-15-27)26-22(24-7-2)25-17-19-9-8-10-20(16-19)18-28-23(3,4)5;/h8-10,16,21H,6-7,11-15,17-18H2,1-5H3,(H2,24,25,26);1H. The van der Waals surface area contributed by atoms with Crippen LogP contribution in [0.5, 0.6) is 0 Å². The Morgan fingerprint density at radius 3 is 2.48 bits per heavy atom. The third kappa shape index (κ3) is 10.6. The molecule has 0 atom stereocenters. The highest BCUT2D eigenvalue weighted by Gasteiger charge is 2.19. The predicted octanol–water partition coefficient (Wildman–Crippen LogP) is 4.55. The second-order valence-electron chi connectivity index (χ2n) is 8.68. The molecule has 0 aromatic heterocycles. The van der Waals surface area contributed by atoms with Crippen LogP contribution in [0.3, 0.4) is 0 Å². The van der Waals surface area contributed by atoms with Crippen LogP contribution in [0.25, 0.3) is 0 Å². The fraction of sp³-hybridized carbons (Fsp3) is 0.696. The maximum absolute atomic E-state index is 5.90. The van der Waals surface area contributed by atoms with Gasteiger partial charge in [-0.05, 0) is 64.6 Å². The van der Waals surface area contributed by atoms with Gasteiger partial charge in [-0.25, -0.2) is 4.99 Å². The van der Waals surface area contributed by atoms with Crippen LogP contribution in [0.15, 0.2) is 29.3 Å². The molecule has 6 heteroatoms. The van der Waals surface area contributed by atoms with Crippen LogP contribution in [0.1, 0.15) is 65.0 Å². The highest BCUT2D eigenvalue weighted by Crippen LogP contribution is 2.14. The van der Waals surface area contributed by atoms with Crippen LogP contribution < -0.4 is 10.6 Å². The van der Waals surface area contributed by atoms with Crippen LogP contribution in [0.2, 0.25) is 0 Å². The Kier molecular flexibility index (Phi) is 12.1. The number of hydrogen-bond donors (Lipinski definition) is 2. The van der Waals surface area contributed by atoms with Gasteiger partial charge in [0.05, 0.1) is 18.8 Å². The number of benzene rings is 1. The number of nitrogens with one attached hydrogen (secondary N) is 2. The molecule has 1 aliphatic heterocycles. The smallest absolute Gasteiger partial charge is 0.191 e. The lowest BCUT2D eigenvalue weighted by molar-refractivity contribution is -0.0149. The molecule has 0 amide bonds. The first-order valence-electron chi connectivity index (χ1n) is 10.9. The molecule has 166 valence electrons. The van der Waals surface area contributed by atoms with E-state index in [-0.39, 0.29) is 29.6 Å². The summed E-state index contributed by atoms with van der Waals surface area (Å²) in [5.74, 6) is 0.924. The van der Waals surface area contributed by atoms with Gasteiger partial charge >= 0.3 is 0 Å². The van der Waals surface area contributed by atoms with Gasteiger partial charge in [0.2, 0.25) is 0 Å². The Bertz CT molecular complexity index is 607. The van der Waals surface area contributed by atoms with E-state index in [1.807, 2.05) is 0 Å². The molecule has 1 saturated heterocycles. The summed E-state index contributed by atoms with van der Waals surface area (Å²) in [6.45, 7) is 16.4. The van der Waals surface area contributed by atoms with E-state index in [0.717, 1.165) is 12.5 Å². The molecule has 1 heterocycles. The van der Waals surface area contributed by atoms with Crippen molar-refractivity contribution < 1.29 is 4.74 Å². The SMILES string of the molecule is CCCN1CCC(NC(=NCc2cccc(COC(C)(C)C)c2)NCC)CC1.I. The predicted molar refractivity (Wildman–Crippen MR) is 134 cm³/mol. The van der Waals surface area contributed by atoms with Crippen molar-refractivity contribution in [3.8, 4) is 0 Å². The van der Waals surface area contributed by atoms with Gasteiger partial charge < -0.3 is 20.3 Å². The van der Waals surface area contributed by atoms with Crippen molar-refractivity contribution in [3.05, 3.63) is 35.4 Å². The van der Waals surface area contributed by atoms with E-state index in [4.69, 9.17) is 9.73 Å². The van der Waals surface area contributed by atoms with Crippen molar-refractivity contribution in [3.63, 3.8) is 0 Å². The zero-order chi connectivity index (χ0) is 20.4. The second kappa shape index (κ2) is 13.4. The van der Waals surface area contributed by atoms with E-state index in [1.54, 1.807) is 0 Å². The van der Waals surface area contributed by atoms with Gasteiger partial charge in [0.25, 0.3) is 0 Å². The van der Waals surface area contributed by atoms with Gasteiger partial charge in [0.1, 0.15) is 0 Å². The molecule has 5 nitrogen and oxygen atoms in total. The van der Waals surface area contributed by atoms with E-state index in [2.05, 4.69) is 74.4 Å². The fourth-order valence-corrected chi connectivity index (χ4v) is 3.42. The van der Waals surface area contributed by atoms with Crippen molar-refractivity contribution in [1.29, 1.82) is 0 Å². The normalized spacial score (nSPS) is 16.4. The number of likely N-dealkylation sites (tertiary alicyclic amines) is 1.